The van der Waals surface area contributed by atoms with E-state index in [9.17, 15) is 9.59 Å². The largest absolute Gasteiger partial charge is 0.292 e. The van der Waals surface area contributed by atoms with Gasteiger partial charge in [-0.3, -0.25) is 14.9 Å². The van der Waals surface area contributed by atoms with Crippen LogP contribution in [0.1, 0.15) is 12.0 Å². The van der Waals surface area contributed by atoms with Gasteiger partial charge in [-0.15, -0.1) is 0 Å². The minimum absolute atomic E-state index is 0.0850. The fourth-order valence-corrected chi connectivity index (χ4v) is 1.80. The molecule has 1 saturated heterocycles. The zero-order chi connectivity index (χ0) is 11.7. The zero-order valence-electron chi connectivity index (χ0n) is 8.09. The van der Waals surface area contributed by atoms with Crippen molar-refractivity contribution in [3.05, 3.63) is 39.4 Å². The van der Waals surface area contributed by atoms with Crippen LogP contribution in [0.3, 0.4) is 0 Å². The first kappa shape index (κ1) is 11.2. The number of carbonyl (C=O) groups is 2. The second kappa shape index (κ2) is 4.28. The Morgan fingerprint density at radius 1 is 1.25 bits per heavy atom. The molecule has 0 bridgehead atoms. The maximum atomic E-state index is 11.3. The predicted octanol–water partition coefficient (Wildman–Crippen LogP) is 2.42. The van der Waals surface area contributed by atoms with E-state index in [4.69, 9.17) is 23.2 Å². The molecule has 0 aromatic heterocycles. The Morgan fingerprint density at radius 3 is 2.62 bits per heavy atom. The van der Waals surface area contributed by atoms with Gasteiger partial charge in [-0.1, -0.05) is 35.3 Å². The third-order valence-corrected chi connectivity index (χ3v) is 3.04. The minimum Gasteiger partial charge on any atom is -0.292 e. The number of nitrogens with one attached hydrogen (secondary N) is 1. The molecule has 0 spiro atoms. The Labute approximate surface area is 102 Å². The van der Waals surface area contributed by atoms with Crippen LogP contribution >= 0.6 is 23.2 Å². The smallest absolute Gasteiger partial charge is 0.254 e. The standard InChI is InChI=1S/C11H7Cl2NO2/c12-8-3-1-2-6(10(8)13)4-7-5-9(15)14-11(7)16/h1-4H,5H2,(H,14,15,16). The Kier molecular flexibility index (Phi) is 2.99. The number of rotatable bonds is 1. The lowest BCUT2D eigenvalue weighted by atomic mass is 10.1. The molecule has 1 aromatic carbocycles. The van der Waals surface area contributed by atoms with Gasteiger partial charge in [-0.25, -0.2) is 0 Å². The second-order valence-corrected chi connectivity index (χ2v) is 4.15. The molecule has 1 aliphatic rings. The Bertz CT molecular complexity index is 509. The van der Waals surface area contributed by atoms with Gasteiger partial charge in [0.1, 0.15) is 0 Å². The molecule has 5 heteroatoms. The van der Waals surface area contributed by atoms with E-state index in [-0.39, 0.29) is 18.2 Å². The van der Waals surface area contributed by atoms with Gasteiger partial charge in [-0.2, -0.15) is 0 Å². The molecule has 0 aliphatic carbocycles. The number of carbonyl (C=O) groups excluding carboxylic acids is 2. The Morgan fingerprint density at radius 2 is 2.00 bits per heavy atom. The summed E-state index contributed by atoms with van der Waals surface area (Å²) in [5.41, 5.74) is 1.03. The molecule has 0 unspecified atom stereocenters. The highest BCUT2D eigenvalue weighted by atomic mass is 35.5. The third kappa shape index (κ3) is 2.10. The lowest BCUT2D eigenvalue weighted by Gasteiger charge is -2.00. The Balaban J connectivity index is 2.40. The fourth-order valence-electron chi connectivity index (χ4n) is 1.44. The van der Waals surface area contributed by atoms with Crippen LogP contribution in [-0.2, 0) is 9.59 Å². The monoisotopic (exact) mass is 255 g/mol. The number of imide groups is 1. The van der Waals surface area contributed by atoms with E-state index in [1.807, 2.05) is 0 Å². The molecule has 1 fully saturated rings. The Hall–Kier alpha value is -1.32. The highest BCUT2D eigenvalue weighted by Gasteiger charge is 2.23. The van der Waals surface area contributed by atoms with Gasteiger partial charge in [-0.05, 0) is 17.7 Å². The zero-order valence-corrected chi connectivity index (χ0v) is 9.60. The first-order chi connectivity index (χ1) is 7.58. The summed E-state index contributed by atoms with van der Waals surface area (Å²) in [5.74, 6) is -0.671. The van der Waals surface area contributed by atoms with E-state index < -0.39 is 0 Å². The maximum absolute atomic E-state index is 11.3. The number of benzene rings is 1. The van der Waals surface area contributed by atoms with Gasteiger partial charge in [0.25, 0.3) is 5.91 Å². The fraction of sp³-hybridized carbons (Fsp3) is 0.0909. The molecule has 0 atom stereocenters. The molecule has 1 aliphatic heterocycles. The summed E-state index contributed by atoms with van der Waals surface area (Å²) in [7, 11) is 0. The SMILES string of the molecule is O=C1CC(=Cc2cccc(Cl)c2Cl)C(=O)N1. The van der Waals surface area contributed by atoms with Crippen LogP contribution < -0.4 is 5.32 Å². The summed E-state index contributed by atoms with van der Waals surface area (Å²) >= 11 is 11.8. The quantitative estimate of drug-likeness (QED) is 0.619. The van der Waals surface area contributed by atoms with Crippen molar-refractivity contribution >= 4 is 41.1 Å². The van der Waals surface area contributed by atoms with Crippen molar-refractivity contribution in [3.63, 3.8) is 0 Å². The summed E-state index contributed by atoms with van der Waals surface area (Å²) in [6.07, 6.45) is 1.66. The summed E-state index contributed by atoms with van der Waals surface area (Å²) in [6.45, 7) is 0. The first-order valence-corrected chi connectivity index (χ1v) is 5.32. The van der Waals surface area contributed by atoms with Crippen molar-refractivity contribution in [3.8, 4) is 0 Å². The molecule has 82 valence electrons. The van der Waals surface area contributed by atoms with Crippen molar-refractivity contribution in [1.29, 1.82) is 0 Å². The normalized spacial score (nSPS) is 18.0. The average molecular weight is 256 g/mol. The highest BCUT2D eigenvalue weighted by Crippen LogP contribution is 2.28. The summed E-state index contributed by atoms with van der Waals surface area (Å²) in [5, 5.41) is 2.99. The maximum Gasteiger partial charge on any atom is 0.254 e. The molecule has 3 nitrogen and oxygen atoms in total. The molecule has 16 heavy (non-hydrogen) atoms. The van der Waals surface area contributed by atoms with Gasteiger partial charge in [0, 0.05) is 5.57 Å². The molecule has 2 amide bonds. The van der Waals surface area contributed by atoms with Crippen LogP contribution in [-0.4, -0.2) is 11.8 Å². The van der Waals surface area contributed by atoms with Gasteiger partial charge < -0.3 is 0 Å². The summed E-state index contributed by atoms with van der Waals surface area (Å²) in [6, 6.07) is 5.12. The number of halogens is 2. The third-order valence-electron chi connectivity index (χ3n) is 2.21. The van der Waals surface area contributed by atoms with Gasteiger partial charge in [0.15, 0.2) is 0 Å². The topological polar surface area (TPSA) is 46.2 Å². The van der Waals surface area contributed by atoms with Gasteiger partial charge in [0.2, 0.25) is 5.91 Å². The summed E-state index contributed by atoms with van der Waals surface area (Å²) in [4.78, 5) is 22.3. The van der Waals surface area contributed by atoms with Crippen molar-refractivity contribution in [2.75, 3.05) is 0 Å². The number of amides is 2. The lowest BCUT2D eigenvalue weighted by molar-refractivity contribution is -0.124. The van der Waals surface area contributed by atoms with Crippen molar-refractivity contribution in [1.82, 2.24) is 5.32 Å². The molecule has 0 saturated carbocycles. The van der Waals surface area contributed by atoms with E-state index in [1.54, 1.807) is 24.3 Å². The molecule has 1 heterocycles. The van der Waals surface area contributed by atoms with Crippen LogP contribution in [0.4, 0.5) is 0 Å². The molecular weight excluding hydrogens is 249 g/mol. The van der Waals surface area contributed by atoms with E-state index >= 15 is 0 Å². The van der Waals surface area contributed by atoms with Crippen LogP contribution in [0.15, 0.2) is 23.8 Å². The first-order valence-electron chi connectivity index (χ1n) is 4.56. The molecular formula is C11H7Cl2NO2. The summed E-state index contributed by atoms with van der Waals surface area (Å²) < 4.78 is 0. The molecule has 0 radical (unpaired) electrons. The predicted molar refractivity (Wildman–Crippen MR) is 62.2 cm³/mol. The van der Waals surface area contributed by atoms with Crippen LogP contribution in [0, 0.1) is 0 Å². The number of hydrogen-bond acceptors (Lipinski definition) is 2. The van der Waals surface area contributed by atoms with E-state index in [0.29, 0.717) is 21.2 Å². The van der Waals surface area contributed by atoms with Gasteiger partial charge >= 0.3 is 0 Å². The number of hydrogen-bond donors (Lipinski definition) is 1. The van der Waals surface area contributed by atoms with Crippen molar-refractivity contribution in [2.24, 2.45) is 0 Å². The van der Waals surface area contributed by atoms with Crippen LogP contribution in [0.25, 0.3) is 6.08 Å². The molecule has 1 N–H and O–H groups in total. The van der Waals surface area contributed by atoms with Crippen molar-refractivity contribution < 1.29 is 9.59 Å². The van der Waals surface area contributed by atoms with Gasteiger partial charge in [0.05, 0.1) is 16.5 Å². The van der Waals surface area contributed by atoms with E-state index in [0.717, 1.165) is 0 Å². The highest BCUT2D eigenvalue weighted by molar-refractivity contribution is 6.43. The molecule has 1 aromatic rings. The van der Waals surface area contributed by atoms with Crippen LogP contribution in [0.2, 0.25) is 10.0 Å². The van der Waals surface area contributed by atoms with E-state index in [1.165, 1.54) is 0 Å². The minimum atomic E-state index is -0.374. The molecule has 2 rings (SSSR count). The van der Waals surface area contributed by atoms with E-state index in [2.05, 4.69) is 5.32 Å². The average Bonchev–Trinajstić information content (AvgIpc) is 2.53. The second-order valence-electron chi connectivity index (χ2n) is 3.37. The van der Waals surface area contributed by atoms with Crippen LogP contribution in [0.5, 0.6) is 0 Å². The van der Waals surface area contributed by atoms with Crippen molar-refractivity contribution in [2.45, 2.75) is 6.42 Å². The lowest BCUT2D eigenvalue weighted by Crippen LogP contribution is -2.19.